The van der Waals surface area contributed by atoms with Gasteiger partial charge >= 0.3 is 0 Å². The van der Waals surface area contributed by atoms with Crippen LogP contribution in [0.4, 0.5) is 0 Å². The first kappa shape index (κ1) is 22.4. The first-order valence-electron chi connectivity index (χ1n) is 14.5. The van der Waals surface area contributed by atoms with Gasteiger partial charge in [-0.1, -0.05) is 19.3 Å². The van der Waals surface area contributed by atoms with Crippen LogP contribution in [0, 0.1) is 11.8 Å². The number of β-amino-alcohol motifs (C(OH)–C–C–N with tert-alkyl or cyclic N) is 1. The third-order valence-corrected chi connectivity index (χ3v) is 8.47. The Balaban J connectivity index is 1.16. The van der Waals surface area contributed by atoms with Crippen LogP contribution in [-0.2, 0) is 9.53 Å². The summed E-state index contributed by atoms with van der Waals surface area (Å²) in [6, 6.07) is 0.182. The Hall–Kier alpha value is -0.850. The van der Waals surface area contributed by atoms with Crippen molar-refractivity contribution in [1.82, 2.24) is 37.0 Å². The maximum atomic E-state index is 13.2. The maximum Gasteiger partial charge on any atom is 0.223 e. The molecule has 8 atom stereocenters. The fourth-order valence-corrected chi connectivity index (χ4v) is 6.59. The SMILES string of the molecule is [2H]C([2H])(NC1CCCC(C(=O)N[C@H]2COC3CCCCC32)C1)C1NNC(C2CCNCN2)N1CCO. The van der Waals surface area contributed by atoms with E-state index in [4.69, 9.17) is 7.48 Å². The van der Waals surface area contributed by atoms with E-state index in [1.54, 1.807) is 0 Å². The van der Waals surface area contributed by atoms with E-state index in [1.807, 2.05) is 4.90 Å². The number of hydrogen-bond donors (Lipinski definition) is 7. The van der Waals surface area contributed by atoms with Gasteiger partial charge in [0.1, 0.15) is 0 Å². The van der Waals surface area contributed by atoms with Crippen LogP contribution in [-0.4, -0.2) is 91.9 Å². The largest absolute Gasteiger partial charge is 0.395 e. The number of hydrazine groups is 1. The van der Waals surface area contributed by atoms with Gasteiger partial charge in [-0.15, -0.1) is 0 Å². The van der Waals surface area contributed by atoms with Crippen LogP contribution in [0.3, 0.4) is 0 Å². The van der Waals surface area contributed by atoms with Gasteiger partial charge < -0.3 is 25.8 Å². The lowest BCUT2D eigenvalue weighted by Gasteiger charge is -2.36. The first-order valence-corrected chi connectivity index (χ1v) is 13.5. The molecular formula is C24H45N7O3. The highest BCUT2D eigenvalue weighted by molar-refractivity contribution is 5.79. The minimum Gasteiger partial charge on any atom is -0.395 e. The van der Waals surface area contributed by atoms with Gasteiger partial charge in [0.2, 0.25) is 5.91 Å². The Labute approximate surface area is 206 Å². The lowest BCUT2D eigenvalue weighted by molar-refractivity contribution is -0.127. The monoisotopic (exact) mass is 481 g/mol. The molecule has 1 amide bonds. The number of amides is 1. The van der Waals surface area contributed by atoms with Crippen molar-refractivity contribution < 1.29 is 17.4 Å². The molecule has 5 rings (SSSR count). The molecule has 194 valence electrons. The van der Waals surface area contributed by atoms with Crippen molar-refractivity contribution in [1.29, 1.82) is 0 Å². The predicted molar refractivity (Wildman–Crippen MR) is 129 cm³/mol. The molecule has 0 aromatic rings. The van der Waals surface area contributed by atoms with Gasteiger partial charge in [-0.2, -0.15) is 0 Å². The number of carbonyl (C=O) groups excluding carboxylic acids is 1. The van der Waals surface area contributed by atoms with Crippen LogP contribution < -0.4 is 32.1 Å². The number of nitrogens with one attached hydrogen (secondary N) is 6. The van der Waals surface area contributed by atoms with Gasteiger partial charge in [0.25, 0.3) is 0 Å². The molecule has 7 N–H and O–H groups in total. The van der Waals surface area contributed by atoms with E-state index in [0.717, 1.165) is 45.1 Å². The van der Waals surface area contributed by atoms with Gasteiger partial charge in [-0.25, -0.2) is 10.9 Å². The summed E-state index contributed by atoms with van der Waals surface area (Å²) in [6.07, 6.45) is 8.35. The highest BCUT2D eigenvalue weighted by Gasteiger charge is 2.41. The molecule has 0 aromatic carbocycles. The molecule has 10 heteroatoms. The second-order valence-electron chi connectivity index (χ2n) is 10.7. The van der Waals surface area contributed by atoms with E-state index in [0.29, 0.717) is 38.3 Å². The van der Waals surface area contributed by atoms with E-state index < -0.39 is 12.7 Å². The number of hydrogen-bond acceptors (Lipinski definition) is 9. The van der Waals surface area contributed by atoms with Crippen LogP contribution in [0.5, 0.6) is 0 Å². The topological polar surface area (TPSA) is 122 Å². The summed E-state index contributed by atoms with van der Waals surface area (Å²) in [5.41, 5.74) is 6.41. The van der Waals surface area contributed by atoms with Crippen molar-refractivity contribution >= 4 is 5.91 Å². The van der Waals surface area contributed by atoms with Gasteiger partial charge in [0.05, 0.1) is 37.7 Å². The van der Waals surface area contributed by atoms with Crippen molar-refractivity contribution in [2.45, 2.75) is 94.3 Å². The highest BCUT2D eigenvalue weighted by Crippen LogP contribution is 2.35. The fraction of sp³-hybridized carbons (Fsp3) is 0.958. The third kappa shape index (κ3) is 5.75. The van der Waals surface area contributed by atoms with Crippen LogP contribution in [0.15, 0.2) is 0 Å². The van der Waals surface area contributed by atoms with Crippen molar-refractivity contribution in [3.05, 3.63) is 0 Å². The number of carbonyl (C=O) groups is 1. The molecule has 7 unspecified atom stereocenters. The van der Waals surface area contributed by atoms with Crippen molar-refractivity contribution in [2.24, 2.45) is 11.8 Å². The van der Waals surface area contributed by atoms with Gasteiger partial charge in [0.15, 0.2) is 0 Å². The number of fused-ring (bicyclic) bond motifs is 1. The zero-order chi connectivity index (χ0) is 25.1. The summed E-state index contributed by atoms with van der Waals surface area (Å²) >= 11 is 0. The molecule has 0 aromatic heterocycles. The maximum absolute atomic E-state index is 13.2. The van der Waals surface area contributed by atoms with Crippen molar-refractivity contribution in [3.63, 3.8) is 0 Å². The van der Waals surface area contributed by atoms with Gasteiger partial charge in [-0.3, -0.25) is 15.0 Å². The second-order valence-corrected chi connectivity index (χ2v) is 10.7. The third-order valence-electron chi connectivity index (χ3n) is 8.47. The molecule has 0 radical (unpaired) electrons. The molecule has 0 spiro atoms. The second kappa shape index (κ2) is 11.9. The van der Waals surface area contributed by atoms with E-state index in [-0.39, 0.29) is 42.7 Å². The summed E-state index contributed by atoms with van der Waals surface area (Å²) in [5, 5.41) is 23.0. The molecule has 0 bridgehead atoms. The summed E-state index contributed by atoms with van der Waals surface area (Å²) in [7, 11) is 0. The number of aliphatic hydroxyl groups excluding tert-OH is 1. The lowest BCUT2D eigenvalue weighted by atomic mass is 9.82. The zero-order valence-corrected chi connectivity index (χ0v) is 20.2. The molecular weight excluding hydrogens is 434 g/mol. The first-order chi connectivity index (χ1) is 17.5. The van der Waals surface area contributed by atoms with E-state index in [1.165, 1.54) is 12.8 Å². The molecule has 10 nitrogen and oxygen atoms in total. The number of ether oxygens (including phenoxy) is 1. The molecule has 3 aliphatic heterocycles. The smallest absolute Gasteiger partial charge is 0.223 e. The summed E-state index contributed by atoms with van der Waals surface area (Å²) in [6.45, 7) is 0.803. The van der Waals surface area contributed by atoms with Crippen LogP contribution in [0.1, 0.15) is 60.5 Å². The highest BCUT2D eigenvalue weighted by atomic mass is 16.5. The molecule has 2 saturated carbocycles. The standard InChI is InChI=1S/C24H45N7O3/c32-11-10-31-22(29-30-23(31)19-8-9-25-15-27-19)13-26-17-5-3-4-16(12-17)24(33)28-20-14-34-21-7-2-1-6-18(20)21/h16-23,25-27,29-30,32H,1-15H2,(H,28,33)/t16?,17?,18?,19?,20-,21?,22?,23?/m0/s1/i13D2. The Morgan fingerprint density at radius 1 is 1.15 bits per heavy atom. The minimum absolute atomic E-state index is 0.0458. The molecule has 5 aliphatic rings. The Morgan fingerprint density at radius 2 is 2.06 bits per heavy atom. The van der Waals surface area contributed by atoms with E-state index in [2.05, 4.69) is 32.1 Å². The Morgan fingerprint density at radius 3 is 2.91 bits per heavy atom. The quantitative estimate of drug-likeness (QED) is 0.238. The zero-order valence-electron chi connectivity index (χ0n) is 22.2. The molecule has 5 fully saturated rings. The average Bonchev–Trinajstić information content (AvgIpc) is 3.50. The van der Waals surface area contributed by atoms with Crippen LogP contribution in [0.25, 0.3) is 0 Å². The number of aliphatic hydroxyl groups is 1. The normalized spacial score (nSPS) is 42.6. The molecule has 3 saturated heterocycles. The van der Waals surface area contributed by atoms with Crippen molar-refractivity contribution in [3.8, 4) is 0 Å². The Bertz CT molecular complexity index is 744. The fourth-order valence-electron chi connectivity index (χ4n) is 6.59. The Kier molecular flexibility index (Phi) is 7.84. The van der Waals surface area contributed by atoms with Gasteiger partial charge in [-0.05, 0) is 45.1 Å². The molecule has 3 heterocycles. The van der Waals surface area contributed by atoms with Crippen molar-refractivity contribution in [2.75, 3.05) is 39.5 Å². The van der Waals surface area contributed by atoms with E-state index >= 15 is 0 Å². The lowest BCUT2D eigenvalue weighted by Crippen LogP contribution is -2.59. The van der Waals surface area contributed by atoms with Gasteiger partial charge in [0, 0.05) is 46.4 Å². The number of nitrogens with zero attached hydrogens (tertiary/aromatic N) is 1. The summed E-state index contributed by atoms with van der Waals surface area (Å²) in [4.78, 5) is 15.2. The van der Waals surface area contributed by atoms with Crippen LogP contribution in [0.2, 0.25) is 0 Å². The minimum atomic E-state index is -1.75. The summed E-state index contributed by atoms with van der Waals surface area (Å²) in [5.74, 6) is 0.432. The molecule has 34 heavy (non-hydrogen) atoms. The number of rotatable bonds is 8. The van der Waals surface area contributed by atoms with E-state index in [9.17, 15) is 9.90 Å². The predicted octanol–water partition coefficient (Wildman–Crippen LogP) is -0.828. The molecule has 2 aliphatic carbocycles. The summed E-state index contributed by atoms with van der Waals surface area (Å²) < 4.78 is 23.8. The van der Waals surface area contributed by atoms with Crippen LogP contribution >= 0.6 is 0 Å². The average molecular weight is 482 g/mol.